The number of benzene rings is 1. The fraction of sp³-hybridized carbons (Fsp3) is 0.333. The van der Waals surface area contributed by atoms with Crippen LogP contribution in [-0.4, -0.2) is 30.9 Å². The van der Waals surface area contributed by atoms with E-state index in [1.807, 2.05) is 30.3 Å². The van der Waals surface area contributed by atoms with Crippen molar-refractivity contribution in [1.82, 2.24) is 15.6 Å². The van der Waals surface area contributed by atoms with Crippen LogP contribution in [0.4, 0.5) is 4.79 Å². The second kappa shape index (κ2) is 8.19. The molecule has 24 heavy (non-hydrogen) atoms. The zero-order valence-corrected chi connectivity index (χ0v) is 13.5. The number of pyridine rings is 1. The van der Waals surface area contributed by atoms with Gasteiger partial charge in [0, 0.05) is 25.5 Å². The molecule has 6 heteroatoms. The number of hydrogen-bond acceptors (Lipinski definition) is 4. The number of amides is 2. The molecule has 2 amide bonds. The number of rotatable bonds is 7. The molecule has 0 fully saturated rings. The molecule has 0 bridgehead atoms. The van der Waals surface area contributed by atoms with E-state index in [0.717, 1.165) is 41.9 Å². The highest BCUT2D eigenvalue weighted by Gasteiger charge is 2.16. The van der Waals surface area contributed by atoms with Crippen molar-refractivity contribution in [2.45, 2.75) is 19.3 Å². The van der Waals surface area contributed by atoms with E-state index in [9.17, 15) is 4.79 Å². The van der Waals surface area contributed by atoms with Crippen molar-refractivity contribution in [3.63, 3.8) is 0 Å². The summed E-state index contributed by atoms with van der Waals surface area (Å²) in [6.07, 6.45) is 5.99. The predicted octanol–water partition coefficient (Wildman–Crippen LogP) is 2.28. The van der Waals surface area contributed by atoms with Crippen LogP contribution in [0.2, 0.25) is 0 Å². The molecule has 2 aromatic rings. The SMILES string of the molecule is O=C(NCCCc1cccc2c1OCO2)NCCc1ccncc1. The Morgan fingerprint density at radius 2 is 1.88 bits per heavy atom. The smallest absolute Gasteiger partial charge is 0.314 e. The maximum atomic E-state index is 11.8. The molecule has 0 saturated heterocycles. The number of nitrogens with one attached hydrogen (secondary N) is 2. The number of fused-ring (bicyclic) bond motifs is 1. The summed E-state index contributed by atoms with van der Waals surface area (Å²) in [5, 5.41) is 5.73. The summed E-state index contributed by atoms with van der Waals surface area (Å²) in [7, 11) is 0. The molecule has 3 rings (SSSR count). The van der Waals surface area contributed by atoms with E-state index in [-0.39, 0.29) is 12.8 Å². The molecule has 6 nitrogen and oxygen atoms in total. The van der Waals surface area contributed by atoms with Crippen LogP contribution in [0.5, 0.6) is 11.5 Å². The van der Waals surface area contributed by atoms with Crippen molar-refractivity contribution in [3.8, 4) is 11.5 Å². The van der Waals surface area contributed by atoms with Crippen molar-refractivity contribution in [2.75, 3.05) is 19.9 Å². The number of hydrogen-bond donors (Lipinski definition) is 2. The Morgan fingerprint density at radius 3 is 2.75 bits per heavy atom. The molecule has 0 atom stereocenters. The Hall–Kier alpha value is -2.76. The van der Waals surface area contributed by atoms with E-state index in [2.05, 4.69) is 15.6 Å². The Bertz CT molecular complexity index is 676. The Morgan fingerprint density at radius 1 is 1.04 bits per heavy atom. The molecule has 0 aliphatic carbocycles. The number of carbonyl (C=O) groups excluding carboxylic acids is 1. The highest BCUT2D eigenvalue weighted by atomic mass is 16.7. The lowest BCUT2D eigenvalue weighted by atomic mass is 10.1. The van der Waals surface area contributed by atoms with Gasteiger partial charge in [0.25, 0.3) is 0 Å². The van der Waals surface area contributed by atoms with Gasteiger partial charge in [0.2, 0.25) is 6.79 Å². The van der Waals surface area contributed by atoms with E-state index in [1.165, 1.54) is 0 Å². The zero-order chi connectivity index (χ0) is 16.6. The first-order valence-corrected chi connectivity index (χ1v) is 8.11. The molecule has 2 heterocycles. The minimum atomic E-state index is -0.137. The second-order valence-electron chi connectivity index (χ2n) is 5.54. The summed E-state index contributed by atoms with van der Waals surface area (Å²) < 4.78 is 10.8. The number of urea groups is 1. The number of aromatic nitrogens is 1. The third-order valence-electron chi connectivity index (χ3n) is 3.84. The number of nitrogens with zero attached hydrogens (tertiary/aromatic N) is 1. The average Bonchev–Trinajstić information content (AvgIpc) is 3.09. The predicted molar refractivity (Wildman–Crippen MR) is 90.2 cm³/mol. The normalized spacial score (nSPS) is 12.0. The molecular weight excluding hydrogens is 306 g/mol. The Labute approximate surface area is 141 Å². The maximum Gasteiger partial charge on any atom is 0.314 e. The van der Waals surface area contributed by atoms with E-state index in [4.69, 9.17) is 9.47 Å². The average molecular weight is 327 g/mol. The summed E-state index contributed by atoms with van der Waals surface area (Å²) in [6, 6.07) is 9.65. The monoisotopic (exact) mass is 327 g/mol. The molecule has 0 saturated carbocycles. The van der Waals surface area contributed by atoms with Crippen LogP contribution in [0.25, 0.3) is 0 Å². The van der Waals surface area contributed by atoms with Crippen LogP contribution in [0, 0.1) is 0 Å². The fourth-order valence-electron chi connectivity index (χ4n) is 2.60. The number of para-hydroxylation sites is 1. The van der Waals surface area contributed by atoms with Gasteiger partial charge >= 0.3 is 6.03 Å². The van der Waals surface area contributed by atoms with Gasteiger partial charge in [-0.25, -0.2) is 4.79 Å². The summed E-state index contributed by atoms with van der Waals surface area (Å²) >= 11 is 0. The van der Waals surface area contributed by atoms with Gasteiger partial charge in [-0.1, -0.05) is 12.1 Å². The molecule has 2 N–H and O–H groups in total. The molecule has 0 radical (unpaired) electrons. The first-order chi connectivity index (χ1) is 11.8. The van der Waals surface area contributed by atoms with Crippen molar-refractivity contribution in [3.05, 3.63) is 53.9 Å². The van der Waals surface area contributed by atoms with Gasteiger partial charge < -0.3 is 20.1 Å². The number of aryl methyl sites for hydroxylation is 1. The molecule has 1 aliphatic rings. The zero-order valence-electron chi connectivity index (χ0n) is 13.5. The summed E-state index contributed by atoms with van der Waals surface area (Å²) in [5.74, 6) is 1.63. The summed E-state index contributed by atoms with van der Waals surface area (Å²) in [4.78, 5) is 15.7. The van der Waals surface area contributed by atoms with E-state index < -0.39 is 0 Å². The van der Waals surface area contributed by atoms with Gasteiger partial charge in [-0.15, -0.1) is 0 Å². The molecule has 1 aromatic heterocycles. The van der Waals surface area contributed by atoms with Crippen molar-refractivity contribution < 1.29 is 14.3 Å². The first kappa shape index (κ1) is 16.1. The van der Waals surface area contributed by atoms with Gasteiger partial charge in [-0.3, -0.25) is 4.98 Å². The van der Waals surface area contributed by atoms with E-state index in [0.29, 0.717) is 13.1 Å². The highest BCUT2D eigenvalue weighted by molar-refractivity contribution is 5.73. The molecule has 0 unspecified atom stereocenters. The Kier molecular flexibility index (Phi) is 5.50. The lowest BCUT2D eigenvalue weighted by molar-refractivity contribution is 0.173. The second-order valence-corrected chi connectivity index (χ2v) is 5.54. The van der Waals surface area contributed by atoms with Gasteiger partial charge in [0.05, 0.1) is 0 Å². The van der Waals surface area contributed by atoms with Gasteiger partial charge in [0.1, 0.15) is 0 Å². The third-order valence-corrected chi connectivity index (χ3v) is 3.84. The maximum absolute atomic E-state index is 11.8. The van der Waals surface area contributed by atoms with Crippen LogP contribution in [-0.2, 0) is 12.8 Å². The van der Waals surface area contributed by atoms with Crippen LogP contribution >= 0.6 is 0 Å². The Balaban J connectivity index is 1.32. The largest absolute Gasteiger partial charge is 0.454 e. The minimum Gasteiger partial charge on any atom is -0.454 e. The number of carbonyl (C=O) groups is 1. The molecule has 1 aromatic carbocycles. The summed E-state index contributed by atoms with van der Waals surface area (Å²) in [5.41, 5.74) is 2.27. The lowest BCUT2D eigenvalue weighted by Gasteiger charge is -2.08. The van der Waals surface area contributed by atoms with E-state index >= 15 is 0 Å². The number of ether oxygens (including phenoxy) is 2. The standard InChI is InChI=1S/C18H21N3O3/c22-18(21-12-8-14-6-10-19-11-7-14)20-9-2-4-15-3-1-5-16-17(15)24-13-23-16/h1,3,5-7,10-11H,2,4,8-9,12-13H2,(H2,20,21,22). The topological polar surface area (TPSA) is 72.5 Å². The third kappa shape index (κ3) is 4.38. The quantitative estimate of drug-likeness (QED) is 0.765. The van der Waals surface area contributed by atoms with Crippen LogP contribution in [0.1, 0.15) is 17.5 Å². The van der Waals surface area contributed by atoms with Crippen LogP contribution in [0.15, 0.2) is 42.7 Å². The van der Waals surface area contributed by atoms with Crippen LogP contribution < -0.4 is 20.1 Å². The summed E-state index contributed by atoms with van der Waals surface area (Å²) in [6.45, 7) is 1.50. The van der Waals surface area contributed by atoms with Crippen molar-refractivity contribution in [1.29, 1.82) is 0 Å². The van der Waals surface area contributed by atoms with Gasteiger partial charge in [-0.05, 0) is 48.6 Å². The molecule has 126 valence electrons. The van der Waals surface area contributed by atoms with Crippen LogP contribution in [0.3, 0.4) is 0 Å². The minimum absolute atomic E-state index is 0.137. The molecule has 1 aliphatic heterocycles. The van der Waals surface area contributed by atoms with Gasteiger partial charge in [-0.2, -0.15) is 0 Å². The molecule has 0 spiro atoms. The first-order valence-electron chi connectivity index (χ1n) is 8.11. The van der Waals surface area contributed by atoms with Gasteiger partial charge in [0.15, 0.2) is 11.5 Å². The van der Waals surface area contributed by atoms with Crippen molar-refractivity contribution in [2.24, 2.45) is 0 Å². The molecular formula is C18H21N3O3. The van der Waals surface area contributed by atoms with E-state index in [1.54, 1.807) is 12.4 Å². The fourth-order valence-corrected chi connectivity index (χ4v) is 2.60. The lowest BCUT2D eigenvalue weighted by Crippen LogP contribution is -2.37. The van der Waals surface area contributed by atoms with Crippen molar-refractivity contribution >= 4 is 6.03 Å². The highest BCUT2D eigenvalue weighted by Crippen LogP contribution is 2.35.